The Labute approximate surface area is 170 Å². The van der Waals surface area contributed by atoms with Crippen LogP contribution in [0, 0.1) is 6.92 Å². The van der Waals surface area contributed by atoms with Crippen molar-refractivity contribution in [2.45, 2.75) is 31.0 Å². The summed E-state index contributed by atoms with van der Waals surface area (Å²) >= 11 is 3.23. The second kappa shape index (κ2) is 7.77. The van der Waals surface area contributed by atoms with Gasteiger partial charge in [-0.2, -0.15) is 0 Å². The minimum absolute atomic E-state index is 0.0485. The normalized spacial score (nSPS) is 11.2. The molecule has 0 atom stereocenters. The number of thioether (sulfide) groups is 1. The lowest BCUT2D eigenvalue weighted by atomic mass is 10.0. The highest BCUT2D eigenvalue weighted by molar-refractivity contribution is 7.98. The molecule has 3 aromatic heterocycles. The number of aromatic nitrogens is 2. The second-order valence-corrected chi connectivity index (χ2v) is 8.39. The summed E-state index contributed by atoms with van der Waals surface area (Å²) in [5, 5.41) is 11.0. The molecule has 0 saturated heterocycles. The number of thiophene rings is 1. The van der Waals surface area contributed by atoms with Crippen molar-refractivity contribution in [1.29, 1.82) is 0 Å². The highest BCUT2D eigenvalue weighted by atomic mass is 32.2. The molecule has 4 aromatic rings. The number of carbonyl (C=O) groups is 1. The molecule has 142 valence electrons. The number of furan rings is 1. The first kappa shape index (κ1) is 18.7. The van der Waals surface area contributed by atoms with Gasteiger partial charge >= 0.3 is 5.97 Å². The van der Waals surface area contributed by atoms with Gasteiger partial charge in [-0.1, -0.05) is 48.5 Å². The summed E-state index contributed by atoms with van der Waals surface area (Å²) in [6, 6.07) is 11.7. The zero-order chi connectivity index (χ0) is 19.7. The fraction of sp³-hybridized carbons (Fsp3) is 0.190. The molecule has 0 aliphatic rings. The van der Waals surface area contributed by atoms with Gasteiger partial charge in [0.15, 0.2) is 0 Å². The number of hydrogen-bond acceptors (Lipinski definition) is 6. The van der Waals surface area contributed by atoms with E-state index < -0.39 is 5.97 Å². The summed E-state index contributed by atoms with van der Waals surface area (Å²) in [4.78, 5) is 22.3. The first-order valence-corrected chi connectivity index (χ1v) is 10.6. The van der Waals surface area contributed by atoms with Crippen LogP contribution in [0.25, 0.3) is 21.3 Å². The molecule has 1 N–H and O–H groups in total. The molecule has 4 rings (SSSR count). The Bertz CT molecular complexity index is 1150. The topological polar surface area (TPSA) is 76.2 Å². The summed E-state index contributed by atoms with van der Waals surface area (Å²) in [6.45, 7) is 4.23. The highest BCUT2D eigenvalue weighted by Crippen LogP contribution is 2.42. The third-order valence-electron chi connectivity index (χ3n) is 4.41. The van der Waals surface area contributed by atoms with Crippen LogP contribution in [0.5, 0.6) is 0 Å². The molecule has 0 amide bonds. The lowest BCUT2D eigenvalue weighted by molar-refractivity contribution is 0.0661. The Balaban J connectivity index is 1.75. The van der Waals surface area contributed by atoms with Crippen LogP contribution in [0.4, 0.5) is 0 Å². The molecule has 0 aliphatic heterocycles. The predicted octanol–water partition coefficient (Wildman–Crippen LogP) is 5.81. The van der Waals surface area contributed by atoms with Gasteiger partial charge in [0.2, 0.25) is 5.76 Å². The lowest BCUT2D eigenvalue weighted by Gasteiger charge is -2.07. The number of benzene rings is 1. The smallest absolute Gasteiger partial charge is 0.371 e. The maximum atomic E-state index is 11.0. The van der Waals surface area contributed by atoms with E-state index in [1.54, 1.807) is 23.7 Å². The monoisotopic (exact) mass is 410 g/mol. The average molecular weight is 411 g/mol. The molecule has 0 spiro atoms. The Morgan fingerprint density at radius 3 is 2.64 bits per heavy atom. The molecule has 0 unspecified atom stereocenters. The third-order valence-corrected chi connectivity index (χ3v) is 6.67. The van der Waals surface area contributed by atoms with Crippen molar-refractivity contribution in [3.8, 4) is 11.1 Å². The van der Waals surface area contributed by atoms with E-state index in [1.807, 2.05) is 0 Å². The van der Waals surface area contributed by atoms with Crippen LogP contribution in [-0.4, -0.2) is 21.0 Å². The minimum atomic E-state index is -1.06. The molecule has 0 radical (unpaired) electrons. The minimum Gasteiger partial charge on any atom is -0.475 e. The quantitative estimate of drug-likeness (QED) is 0.319. The molecule has 3 heterocycles. The van der Waals surface area contributed by atoms with Crippen molar-refractivity contribution in [3.05, 3.63) is 64.7 Å². The summed E-state index contributed by atoms with van der Waals surface area (Å²) in [5.74, 6) is 0.00153. The molecule has 0 bridgehead atoms. The number of nitrogens with zero attached hydrogens (tertiary/aromatic N) is 2. The number of fused-ring (bicyclic) bond motifs is 1. The maximum Gasteiger partial charge on any atom is 0.371 e. The van der Waals surface area contributed by atoms with Crippen LogP contribution in [0.1, 0.15) is 33.7 Å². The van der Waals surface area contributed by atoms with E-state index >= 15 is 0 Å². The number of hydrogen-bond donors (Lipinski definition) is 1. The van der Waals surface area contributed by atoms with E-state index in [9.17, 15) is 4.79 Å². The average Bonchev–Trinajstić information content (AvgIpc) is 3.32. The molecular weight excluding hydrogens is 392 g/mol. The first-order valence-electron chi connectivity index (χ1n) is 8.85. The fourth-order valence-electron chi connectivity index (χ4n) is 3.05. The molecule has 0 fully saturated rings. The SMILES string of the molecule is CCc1sc2ncnc(SCc3ccc(C(=O)O)o3)c2c1-c1ccc(C)cc1. The highest BCUT2D eigenvalue weighted by Gasteiger charge is 2.19. The van der Waals surface area contributed by atoms with Crippen LogP contribution < -0.4 is 0 Å². The van der Waals surface area contributed by atoms with Crippen molar-refractivity contribution in [1.82, 2.24) is 9.97 Å². The van der Waals surface area contributed by atoms with E-state index in [0.29, 0.717) is 11.5 Å². The van der Waals surface area contributed by atoms with Crippen LogP contribution in [0.15, 0.2) is 52.2 Å². The zero-order valence-electron chi connectivity index (χ0n) is 15.4. The van der Waals surface area contributed by atoms with E-state index in [0.717, 1.165) is 27.2 Å². The predicted molar refractivity (Wildman–Crippen MR) is 112 cm³/mol. The van der Waals surface area contributed by atoms with E-state index in [-0.39, 0.29) is 5.76 Å². The third kappa shape index (κ3) is 3.55. The van der Waals surface area contributed by atoms with Gasteiger partial charge in [0.1, 0.15) is 21.9 Å². The van der Waals surface area contributed by atoms with Gasteiger partial charge < -0.3 is 9.52 Å². The number of carboxylic acids is 1. The van der Waals surface area contributed by atoms with Gasteiger partial charge in [0, 0.05) is 10.4 Å². The Kier molecular flexibility index (Phi) is 5.19. The summed E-state index contributed by atoms with van der Waals surface area (Å²) in [7, 11) is 0. The number of carboxylic acid groups (broad SMARTS) is 1. The van der Waals surface area contributed by atoms with Crippen molar-refractivity contribution in [3.63, 3.8) is 0 Å². The van der Waals surface area contributed by atoms with Gasteiger partial charge in [-0.05, 0) is 31.0 Å². The Morgan fingerprint density at radius 1 is 1.18 bits per heavy atom. The number of aromatic carboxylic acids is 1. The van der Waals surface area contributed by atoms with Gasteiger partial charge in [-0.25, -0.2) is 14.8 Å². The second-order valence-electron chi connectivity index (χ2n) is 6.34. The standard InChI is InChI=1S/C21H18N2O3S2/c1-3-16-17(13-6-4-12(2)5-7-13)18-19(22-11-23-20(18)28-16)27-10-14-8-9-15(26-14)21(24)25/h4-9,11H,3,10H2,1-2H3,(H,24,25). The van der Waals surface area contributed by atoms with E-state index in [4.69, 9.17) is 9.52 Å². The van der Waals surface area contributed by atoms with Crippen LogP contribution in [-0.2, 0) is 12.2 Å². The van der Waals surface area contributed by atoms with Crippen LogP contribution in [0.2, 0.25) is 0 Å². The van der Waals surface area contributed by atoms with Gasteiger partial charge in [-0.3, -0.25) is 0 Å². The number of aryl methyl sites for hydroxylation is 2. The summed E-state index contributed by atoms with van der Waals surface area (Å²) in [5.41, 5.74) is 3.58. The summed E-state index contributed by atoms with van der Waals surface area (Å²) < 4.78 is 5.37. The first-order chi connectivity index (χ1) is 13.6. The number of rotatable bonds is 6. The molecule has 28 heavy (non-hydrogen) atoms. The van der Waals surface area contributed by atoms with Crippen molar-refractivity contribution in [2.75, 3.05) is 0 Å². The van der Waals surface area contributed by atoms with Crippen LogP contribution in [0.3, 0.4) is 0 Å². The molecule has 1 aromatic carbocycles. The van der Waals surface area contributed by atoms with Crippen molar-refractivity contribution in [2.24, 2.45) is 0 Å². The van der Waals surface area contributed by atoms with Crippen molar-refractivity contribution >= 4 is 39.3 Å². The van der Waals surface area contributed by atoms with Gasteiger partial charge in [0.05, 0.1) is 11.1 Å². The Hall–Kier alpha value is -2.64. The molecule has 5 nitrogen and oxygen atoms in total. The maximum absolute atomic E-state index is 11.0. The van der Waals surface area contributed by atoms with Crippen LogP contribution >= 0.6 is 23.1 Å². The zero-order valence-corrected chi connectivity index (χ0v) is 17.1. The van der Waals surface area contributed by atoms with Crippen molar-refractivity contribution < 1.29 is 14.3 Å². The largest absolute Gasteiger partial charge is 0.475 e. The van der Waals surface area contributed by atoms with E-state index in [2.05, 4.69) is 48.1 Å². The molecule has 7 heteroatoms. The summed E-state index contributed by atoms with van der Waals surface area (Å²) in [6.07, 6.45) is 2.51. The van der Waals surface area contributed by atoms with E-state index in [1.165, 1.54) is 33.8 Å². The lowest BCUT2D eigenvalue weighted by Crippen LogP contribution is -1.92. The molecule has 0 aliphatic carbocycles. The van der Waals surface area contributed by atoms with Gasteiger partial charge in [-0.15, -0.1) is 11.3 Å². The van der Waals surface area contributed by atoms with Gasteiger partial charge in [0.25, 0.3) is 0 Å². The molecular formula is C21H18N2O3S2. The molecule has 0 saturated carbocycles. The Morgan fingerprint density at radius 2 is 1.96 bits per heavy atom. The fourth-order valence-corrected chi connectivity index (χ4v) is 5.11.